The Morgan fingerprint density at radius 3 is 2.68 bits per heavy atom. The molecule has 0 aliphatic carbocycles. The quantitative estimate of drug-likeness (QED) is 0.578. The number of piperidine rings is 1. The number of ether oxygens (including phenoxy) is 4. The highest BCUT2D eigenvalue weighted by molar-refractivity contribution is 5.78. The van der Waals surface area contributed by atoms with E-state index in [0.717, 1.165) is 42.7 Å². The molecule has 0 radical (unpaired) electrons. The number of hydrogen-bond acceptors (Lipinski definition) is 7. The molecule has 1 unspecified atom stereocenters. The predicted octanol–water partition coefficient (Wildman–Crippen LogP) is 3.02. The van der Waals surface area contributed by atoms with Crippen molar-refractivity contribution in [3.05, 3.63) is 53.6 Å². The molecule has 1 amide bonds. The summed E-state index contributed by atoms with van der Waals surface area (Å²) in [6.07, 6.45) is 2.91. The van der Waals surface area contributed by atoms with Gasteiger partial charge in [-0.1, -0.05) is 24.6 Å². The van der Waals surface area contributed by atoms with Gasteiger partial charge in [0, 0.05) is 18.7 Å². The number of nitrogens with zero attached hydrogens (tertiary/aromatic N) is 2. The monoisotopic (exact) mass is 468 g/mol. The Morgan fingerprint density at radius 1 is 1.06 bits per heavy atom. The Morgan fingerprint density at radius 2 is 1.88 bits per heavy atom. The first-order valence-electron chi connectivity index (χ1n) is 11.7. The lowest BCUT2D eigenvalue weighted by Gasteiger charge is -2.33. The molecule has 34 heavy (non-hydrogen) atoms. The van der Waals surface area contributed by atoms with Crippen molar-refractivity contribution in [2.24, 2.45) is 0 Å². The largest absolute Gasteiger partial charge is 0.493 e. The topological polar surface area (TPSA) is 77.5 Å². The zero-order chi connectivity index (χ0) is 23.9. The minimum absolute atomic E-state index is 0.0794. The predicted molar refractivity (Wildman–Crippen MR) is 126 cm³/mol. The fourth-order valence-corrected chi connectivity index (χ4v) is 4.55. The van der Waals surface area contributed by atoms with Gasteiger partial charge in [0.25, 0.3) is 5.91 Å². The van der Waals surface area contributed by atoms with Gasteiger partial charge in [-0.3, -0.25) is 14.5 Å². The van der Waals surface area contributed by atoms with Gasteiger partial charge in [-0.15, -0.1) is 0 Å². The van der Waals surface area contributed by atoms with Crippen molar-refractivity contribution in [2.75, 3.05) is 40.5 Å². The van der Waals surface area contributed by atoms with E-state index in [2.05, 4.69) is 11.0 Å². The van der Waals surface area contributed by atoms with E-state index in [-0.39, 0.29) is 24.5 Å². The highest BCUT2D eigenvalue weighted by Crippen LogP contribution is 2.28. The first-order valence-corrected chi connectivity index (χ1v) is 11.7. The van der Waals surface area contributed by atoms with Crippen LogP contribution in [0, 0.1) is 0 Å². The molecule has 2 aliphatic heterocycles. The lowest BCUT2D eigenvalue weighted by Crippen LogP contribution is -2.44. The molecule has 0 bridgehead atoms. The Hall–Kier alpha value is -3.26. The highest BCUT2D eigenvalue weighted by Gasteiger charge is 2.29. The number of esters is 1. The summed E-state index contributed by atoms with van der Waals surface area (Å²) in [5.74, 6) is 1.62. The number of methoxy groups -OCH3 is 2. The molecule has 1 fully saturated rings. The summed E-state index contributed by atoms with van der Waals surface area (Å²) in [6, 6.07) is 13.1. The standard InChI is InChI=1S/C26H32N2O6/c1-31-23-8-3-4-9-24(23)34-18-25(29)28-13-14-33-22-11-10-19(15-20(22)17-28)16-27-12-6-5-7-21(27)26(30)32-2/h3-4,8-11,15,21H,5-7,12-14,16-18H2,1-2H3. The maximum Gasteiger partial charge on any atom is 0.323 e. The molecule has 0 N–H and O–H groups in total. The van der Waals surface area contributed by atoms with Crippen molar-refractivity contribution >= 4 is 11.9 Å². The molecular weight excluding hydrogens is 436 g/mol. The molecule has 0 spiro atoms. The average Bonchev–Trinajstić information content (AvgIpc) is 3.09. The van der Waals surface area contributed by atoms with Crippen molar-refractivity contribution in [1.82, 2.24) is 9.80 Å². The molecule has 2 aliphatic rings. The molecule has 1 atom stereocenters. The molecule has 2 heterocycles. The zero-order valence-electron chi connectivity index (χ0n) is 19.8. The van der Waals surface area contributed by atoms with Gasteiger partial charge in [0.05, 0.1) is 20.8 Å². The molecule has 4 rings (SSSR count). The maximum atomic E-state index is 12.9. The minimum Gasteiger partial charge on any atom is -0.493 e. The van der Waals surface area contributed by atoms with Gasteiger partial charge in [0.1, 0.15) is 18.4 Å². The van der Waals surface area contributed by atoms with Crippen LogP contribution in [0.1, 0.15) is 30.4 Å². The molecule has 182 valence electrons. The number of carbonyl (C=O) groups is 2. The van der Waals surface area contributed by atoms with E-state index in [1.165, 1.54) is 7.11 Å². The molecule has 1 saturated heterocycles. The van der Waals surface area contributed by atoms with Crippen LogP contribution in [0.3, 0.4) is 0 Å². The fraction of sp³-hybridized carbons (Fsp3) is 0.462. The smallest absolute Gasteiger partial charge is 0.323 e. The molecule has 8 nitrogen and oxygen atoms in total. The van der Waals surface area contributed by atoms with Crippen LogP contribution < -0.4 is 14.2 Å². The van der Waals surface area contributed by atoms with E-state index in [1.807, 2.05) is 24.3 Å². The Kier molecular flexibility index (Phi) is 7.90. The van der Waals surface area contributed by atoms with Crippen LogP contribution in [0.15, 0.2) is 42.5 Å². The fourth-order valence-electron chi connectivity index (χ4n) is 4.55. The summed E-state index contributed by atoms with van der Waals surface area (Å²) >= 11 is 0. The van der Waals surface area contributed by atoms with Gasteiger partial charge < -0.3 is 23.8 Å². The van der Waals surface area contributed by atoms with Crippen molar-refractivity contribution in [2.45, 2.75) is 38.4 Å². The summed E-state index contributed by atoms with van der Waals surface area (Å²) in [5, 5.41) is 0. The zero-order valence-corrected chi connectivity index (χ0v) is 19.8. The minimum atomic E-state index is -0.209. The third kappa shape index (κ3) is 5.62. The van der Waals surface area contributed by atoms with Gasteiger partial charge in [-0.25, -0.2) is 0 Å². The van der Waals surface area contributed by atoms with E-state index in [4.69, 9.17) is 18.9 Å². The van der Waals surface area contributed by atoms with Gasteiger partial charge in [0.2, 0.25) is 0 Å². The summed E-state index contributed by atoms with van der Waals surface area (Å²) in [7, 11) is 3.01. The number of carbonyl (C=O) groups excluding carboxylic acids is 2. The van der Waals surface area contributed by atoms with Crippen molar-refractivity contribution in [1.29, 1.82) is 0 Å². The van der Waals surface area contributed by atoms with E-state index in [9.17, 15) is 9.59 Å². The number of amides is 1. The summed E-state index contributed by atoms with van der Waals surface area (Å²) in [4.78, 5) is 29.1. The number of likely N-dealkylation sites (tertiary alicyclic amines) is 1. The number of hydrogen-bond donors (Lipinski definition) is 0. The van der Waals surface area contributed by atoms with Crippen LogP contribution in [0.2, 0.25) is 0 Å². The number of fused-ring (bicyclic) bond motifs is 1. The third-order valence-corrected chi connectivity index (χ3v) is 6.35. The second kappa shape index (κ2) is 11.2. The van der Waals surface area contributed by atoms with Gasteiger partial charge in [-0.2, -0.15) is 0 Å². The average molecular weight is 469 g/mol. The first kappa shape index (κ1) is 23.9. The lowest BCUT2D eigenvalue weighted by molar-refractivity contribution is -0.148. The number of rotatable bonds is 7. The summed E-state index contributed by atoms with van der Waals surface area (Å²) in [5.41, 5.74) is 2.03. The van der Waals surface area contributed by atoms with Crippen LogP contribution in [-0.4, -0.2) is 68.2 Å². The second-order valence-corrected chi connectivity index (χ2v) is 8.55. The maximum absolute atomic E-state index is 12.9. The van der Waals surface area contributed by atoms with Crippen molar-refractivity contribution in [3.8, 4) is 17.2 Å². The first-order chi connectivity index (χ1) is 16.6. The summed E-state index contributed by atoms with van der Waals surface area (Å²) < 4.78 is 21.9. The molecule has 0 aromatic heterocycles. The Balaban J connectivity index is 1.42. The normalized spacial score (nSPS) is 18.3. The number of benzene rings is 2. The van der Waals surface area contributed by atoms with Crippen LogP contribution in [-0.2, 0) is 27.4 Å². The molecule has 0 saturated carbocycles. The van der Waals surface area contributed by atoms with Gasteiger partial charge in [-0.05, 0) is 49.2 Å². The van der Waals surface area contributed by atoms with Crippen molar-refractivity contribution in [3.63, 3.8) is 0 Å². The van der Waals surface area contributed by atoms with E-state index >= 15 is 0 Å². The van der Waals surface area contributed by atoms with Crippen molar-refractivity contribution < 1.29 is 28.5 Å². The molecule has 8 heteroatoms. The second-order valence-electron chi connectivity index (χ2n) is 8.55. The SMILES string of the molecule is COC(=O)C1CCCCN1Cc1ccc2c(c1)CN(C(=O)COc1ccccc1OC)CCO2. The van der Waals surface area contributed by atoms with E-state index < -0.39 is 0 Å². The molecule has 2 aromatic rings. The Labute approximate surface area is 200 Å². The van der Waals surface area contributed by atoms with Crippen LogP contribution >= 0.6 is 0 Å². The van der Waals surface area contributed by atoms with Crippen LogP contribution in [0.4, 0.5) is 0 Å². The van der Waals surface area contributed by atoms with Crippen LogP contribution in [0.5, 0.6) is 17.2 Å². The lowest BCUT2D eigenvalue weighted by atomic mass is 10.0. The van der Waals surface area contributed by atoms with Gasteiger partial charge in [0.15, 0.2) is 18.1 Å². The number of para-hydroxylation sites is 2. The Bertz CT molecular complexity index is 1010. The molecule has 2 aromatic carbocycles. The third-order valence-electron chi connectivity index (χ3n) is 6.35. The van der Waals surface area contributed by atoms with E-state index in [0.29, 0.717) is 37.7 Å². The van der Waals surface area contributed by atoms with Gasteiger partial charge >= 0.3 is 5.97 Å². The summed E-state index contributed by atoms with van der Waals surface area (Å²) in [6.45, 7) is 2.77. The van der Waals surface area contributed by atoms with Crippen LogP contribution in [0.25, 0.3) is 0 Å². The molecular formula is C26H32N2O6. The highest BCUT2D eigenvalue weighted by atomic mass is 16.5. The van der Waals surface area contributed by atoms with E-state index in [1.54, 1.807) is 24.1 Å².